The number of hydrogen-bond donors (Lipinski definition) is 1. The molecule has 0 aliphatic carbocycles. The fraction of sp³-hybridized carbons (Fsp3) is 0.500. The second-order valence-corrected chi connectivity index (χ2v) is 6.49. The highest BCUT2D eigenvalue weighted by atomic mass is 35.5. The van der Waals surface area contributed by atoms with Crippen molar-refractivity contribution in [3.8, 4) is 10.8 Å². The van der Waals surface area contributed by atoms with Crippen molar-refractivity contribution in [1.82, 2.24) is 9.88 Å². The first-order chi connectivity index (χ1) is 9.11. The van der Waals surface area contributed by atoms with Crippen LogP contribution < -0.4 is 5.73 Å². The normalized spacial score (nSPS) is 22.9. The highest BCUT2D eigenvalue weighted by Crippen LogP contribution is 2.28. The summed E-state index contributed by atoms with van der Waals surface area (Å²) >= 11 is 1.70. The molecule has 0 saturated carbocycles. The first-order valence-corrected chi connectivity index (χ1v) is 7.43. The molecule has 0 spiro atoms. The van der Waals surface area contributed by atoms with E-state index in [1.807, 2.05) is 25.3 Å². The quantitative estimate of drug-likeness (QED) is 0.946. The van der Waals surface area contributed by atoms with Gasteiger partial charge in [-0.2, -0.15) is 0 Å². The van der Waals surface area contributed by atoms with Gasteiger partial charge in [0.05, 0.1) is 0 Å². The third-order valence-electron chi connectivity index (χ3n) is 3.63. The van der Waals surface area contributed by atoms with Gasteiger partial charge >= 0.3 is 0 Å². The molecule has 2 aromatic heterocycles. The number of likely N-dealkylation sites (tertiary alicyclic amines) is 1. The lowest BCUT2D eigenvalue weighted by Crippen LogP contribution is -2.28. The number of rotatable bonds is 3. The number of nitrogens with zero attached hydrogens (tertiary/aromatic N) is 2. The zero-order valence-corrected chi connectivity index (χ0v) is 13.3. The topological polar surface area (TPSA) is 55.3 Å². The van der Waals surface area contributed by atoms with Crippen LogP contribution in [0.2, 0.25) is 0 Å². The fourth-order valence-electron chi connectivity index (χ4n) is 2.49. The number of hydrogen-bond acceptors (Lipinski definition) is 5. The van der Waals surface area contributed by atoms with Gasteiger partial charge in [0.2, 0.25) is 0 Å². The summed E-state index contributed by atoms with van der Waals surface area (Å²) in [4.78, 5) is 8.12. The molecule has 20 heavy (non-hydrogen) atoms. The summed E-state index contributed by atoms with van der Waals surface area (Å²) < 4.78 is 5.60. The van der Waals surface area contributed by atoms with Gasteiger partial charge in [0, 0.05) is 36.8 Å². The van der Waals surface area contributed by atoms with Crippen LogP contribution in [-0.2, 0) is 6.54 Å². The monoisotopic (exact) mass is 313 g/mol. The van der Waals surface area contributed by atoms with Crippen LogP contribution in [0.15, 0.2) is 22.7 Å². The molecule has 3 heterocycles. The predicted octanol–water partition coefficient (Wildman–Crippen LogP) is 2.91. The van der Waals surface area contributed by atoms with Gasteiger partial charge in [-0.3, -0.25) is 4.90 Å². The van der Waals surface area contributed by atoms with Gasteiger partial charge in [0.15, 0.2) is 10.8 Å². The van der Waals surface area contributed by atoms with Crippen molar-refractivity contribution in [1.29, 1.82) is 0 Å². The second kappa shape index (κ2) is 6.26. The minimum atomic E-state index is 0. The Morgan fingerprint density at radius 1 is 1.45 bits per heavy atom. The number of halogens is 1. The molecule has 2 aromatic rings. The van der Waals surface area contributed by atoms with Crippen LogP contribution in [0.25, 0.3) is 10.8 Å². The van der Waals surface area contributed by atoms with Gasteiger partial charge in [0.1, 0.15) is 5.76 Å². The lowest BCUT2D eigenvalue weighted by atomic mass is 10.1. The summed E-state index contributed by atoms with van der Waals surface area (Å²) in [6.45, 7) is 7.16. The molecule has 0 amide bonds. The van der Waals surface area contributed by atoms with Crippen molar-refractivity contribution < 1.29 is 4.42 Å². The van der Waals surface area contributed by atoms with Crippen molar-refractivity contribution in [2.75, 3.05) is 13.1 Å². The van der Waals surface area contributed by atoms with Crippen molar-refractivity contribution in [2.45, 2.75) is 26.4 Å². The van der Waals surface area contributed by atoms with Crippen molar-refractivity contribution >= 4 is 23.7 Å². The van der Waals surface area contributed by atoms with E-state index in [0.717, 1.165) is 36.2 Å². The van der Waals surface area contributed by atoms with Gasteiger partial charge in [0.25, 0.3) is 0 Å². The lowest BCUT2D eigenvalue weighted by molar-refractivity contribution is 0.321. The van der Waals surface area contributed by atoms with Crippen LogP contribution in [0.4, 0.5) is 0 Å². The molecule has 1 aliphatic rings. The molecular weight excluding hydrogens is 294 g/mol. The summed E-state index contributed by atoms with van der Waals surface area (Å²) in [5, 5.41) is 0.958. The Morgan fingerprint density at radius 3 is 2.85 bits per heavy atom. The maximum Gasteiger partial charge on any atom is 0.162 e. The molecule has 4 nitrogen and oxygen atoms in total. The van der Waals surface area contributed by atoms with Crippen molar-refractivity contribution in [3.63, 3.8) is 0 Å². The molecular formula is C14H20ClN3OS. The summed E-state index contributed by atoms with van der Waals surface area (Å²) in [7, 11) is 0. The maximum atomic E-state index is 6.05. The smallest absolute Gasteiger partial charge is 0.162 e. The number of furan rings is 1. The third-order valence-corrected chi connectivity index (χ3v) is 4.63. The average molecular weight is 314 g/mol. The number of nitrogens with two attached hydrogens (primary N) is 1. The molecule has 0 radical (unpaired) electrons. The first kappa shape index (κ1) is 15.5. The number of thiazole rings is 1. The molecule has 3 rings (SSSR count). The van der Waals surface area contributed by atoms with Crippen molar-refractivity contribution in [2.24, 2.45) is 11.7 Å². The van der Waals surface area contributed by atoms with E-state index >= 15 is 0 Å². The standard InChI is InChI=1S/C14H19N3OS.ClH/c1-9-6-17(8-12(9)15)7-11-5-16-14(19-11)13-4-3-10(2)18-13;/h3-5,9,12H,6-8,15H2,1-2H3;1H. The highest BCUT2D eigenvalue weighted by molar-refractivity contribution is 7.14. The Kier molecular flexibility index (Phi) is 4.86. The first-order valence-electron chi connectivity index (χ1n) is 6.61. The van der Waals surface area contributed by atoms with E-state index in [2.05, 4.69) is 16.8 Å². The fourth-order valence-corrected chi connectivity index (χ4v) is 3.41. The molecule has 6 heteroatoms. The Hall–Kier alpha value is -0.880. The zero-order chi connectivity index (χ0) is 13.4. The SMILES string of the molecule is Cc1ccc(-c2ncc(CN3CC(C)C(N)C3)s2)o1.Cl. The summed E-state index contributed by atoms with van der Waals surface area (Å²) in [6, 6.07) is 4.25. The van der Waals surface area contributed by atoms with E-state index in [1.54, 1.807) is 11.3 Å². The highest BCUT2D eigenvalue weighted by Gasteiger charge is 2.26. The second-order valence-electron chi connectivity index (χ2n) is 5.38. The maximum absolute atomic E-state index is 6.05. The van der Waals surface area contributed by atoms with Crippen LogP contribution >= 0.6 is 23.7 Å². The van der Waals surface area contributed by atoms with Crippen LogP contribution in [0.3, 0.4) is 0 Å². The van der Waals surface area contributed by atoms with E-state index in [-0.39, 0.29) is 12.4 Å². The van der Waals surface area contributed by atoms with Gasteiger partial charge in [-0.25, -0.2) is 4.98 Å². The third kappa shape index (κ3) is 3.23. The summed E-state index contributed by atoms with van der Waals surface area (Å²) in [5.74, 6) is 2.37. The van der Waals surface area contributed by atoms with Gasteiger partial charge < -0.3 is 10.2 Å². The summed E-state index contributed by atoms with van der Waals surface area (Å²) in [5.41, 5.74) is 6.05. The molecule has 1 saturated heterocycles. The van der Waals surface area contributed by atoms with E-state index < -0.39 is 0 Å². The van der Waals surface area contributed by atoms with Crippen LogP contribution in [0.5, 0.6) is 0 Å². The largest absolute Gasteiger partial charge is 0.459 e. The van der Waals surface area contributed by atoms with Crippen LogP contribution in [0, 0.1) is 12.8 Å². The Balaban J connectivity index is 0.00000147. The van der Waals surface area contributed by atoms with Crippen LogP contribution in [-0.4, -0.2) is 29.0 Å². The Morgan fingerprint density at radius 2 is 2.25 bits per heavy atom. The Bertz CT molecular complexity index is 558. The molecule has 0 aromatic carbocycles. The minimum Gasteiger partial charge on any atom is -0.459 e. The molecule has 2 unspecified atom stereocenters. The van der Waals surface area contributed by atoms with E-state index in [4.69, 9.17) is 10.2 Å². The Labute approximate surface area is 129 Å². The van der Waals surface area contributed by atoms with Crippen LogP contribution in [0.1, 0.15) is 17.6 Å². The summed E-state index contributed by atoms with van der Waals surface area (Å²) in [6.07, 6.45) is 1.95. The number of aromatic nitrogens is 1. The molecule has 1 fully saturated rings. The van der Waals surface area contributed by atoms with E-state index in [0.29, 0.717) is 12.0 Å². The van der Waals surface area contributed by atoms with Gasteiger partial charge in [-0.15, -0.1) is 23.7 Å². The molecule has 2 N–H and O–H groups in total. The molecule has 1 aliphatic heterocycles. The minimum absolute atomic E-state index is 0. The van der Waals surface area contributed by atoms with Gasteiger partial charge in [-0.1, -0.05) is 6.92 Å². The molecule has 110 valence electrons. The van der Waals surface area contributed by atoms with Gasteiger partial charge in [-0.05, 0) is 25.0 Å². The van der Waals surface area contributed by atoms with Crippen molar-refractivity contribution in [3.05, 3.63) is 29.0 Å². The number of aryl methyl sites for hydroxylation is 1. The predicted molar refractivity (Wildman–Crippen MR) is 84.2 cm³/mol. The average Bonchev–Trinajstić information content (AvgIpc) is 3.03. The molecule has 2 atom stereocenters. The lowest BCUT2D eigenvalue weighted by Gasteiger charge is -2.12. The van der Waals surface area contributed by atoms with E-state index in [9.17, 15) is 0 Å². The zero-order valence-electron chi connectivity index (χ0n) is 11.7. The van der Waals surface area contributed by atoms with E-state index in [1.165, 1.54) is 4.88 Å². The molecule has 0 bridgehead atoms.